The first-order valence-corrected chi connectivity index (χ1v) is 9.28. The summed E-state index contributed by atoms with van der Waals surface area (Å²) in [7, 11) is 1.81. The summed E-state index contributed by atoms with van der Waals surface area (Å²) in [5, 5.41) is 6.03. The highest BCUT2D eigenvalue weighted by Crippen LogP contribution is 2.27. The molecule has 8 nitrogen and oxygen atoms in total. The molecule has 2 amide bonds. The molecular formula is C17H20N4O4S. The van der Waals surface area contributed by atoms with Gasteiger partial charge in [-0.25, -0.2) is 0 Å². The van der Waals surface area contributed by atoms with E-state index in [1.54, 1.807) is 33.9 Å². The lowest BCUT2D eigenvalue weighted by Gasteiger charge is -2.42. The normalized spacial score (nSPS) is 24.1. The Balaban J connectivity index is 1.57. The summed E-state index contributed by atoms with van der Waals surface area (Å²) in [6.07, 6.45) is 3.45. The number of rotatable bonds is 2. The van der Waals surface area contributed by atoms with E-state index in [1.165, 1.54) is 11.3 Å². The molecule has 2 aliphatic heterocycles. The van der Waals surface area contributed by atoms with Gasteiger partial charge in [-0.2, -0.15) is 5.10 Å². The fourth-order valence-electron chi connectivity index (χ4n) is 3.32. The quantitative estimate of drug-likeness (QED) is 0.773. The molecular weight excluding hydrogens is 356 g/mol. The molecule has 0 unspecified atom stereocenters. The zero-order valence-corrected chi connectivity index (χ0v) is 15.3. The van der Waals surface area contributed by atoms with Crippen molar-refractivity contribution >= 4 is 28.8 Å². The van der Waals surface area contributed by atoms with Gasteiger partial charge >= 0.3 is 0 Å². The lowest BCUT2D eigenvalue weighted by atomic mass is 10.0. The van der Waals surface area contributed by atoms with Gasteiger partial charge in [0.15, 0.2) is 0 Å². The van der Waals surface area contributed by atoms with Crippen molar-refractivity contribution in [1.29, 1.82) is 0 Å². The second kappa shape index (κ2) is 6.82. The number of morpholine rings is 1. The number of ether oxygens (including phenoxy) is 2. The first-order chi connectivity index (χ1) is 12.6. The molecule has 138 valence electrons. The molecule has 1 atom stereocenters. The fraction of sp³-hybridized carbons (Fsp3) is 0.471. The average molecular weight is 376 g/mol. The standard InChI is InChI=1S/C17H20N4O4S/c1-19-8-13(7-18-19)21-11-17(25-9-15(21)22)10-20(4-5-24-12-17)16(23)14-3-2-6-26-14/h2-3,6-8H,4-5,9-12H2,1H3/t17-/m0/s1. The molecule has 4 heterocycles. The molecule has 2 saturated heterocycles. The number of aryl methyl sites for hydroxylation is 1. The fourth-order valence-corrected chi connectivity index (χ4v) is 4.01. The Bertz CT molecular complexity index is 806. The average Bonchev–Trinajstić information content (AvgIpc) is 3.27. The largest absolute Gasteiger partial charge is 0.376 e. The SMILES string of the molecule is Cn1cc(N2C[C@@]3(COCCN(C(=O)c4cccs4)C3)OCC2=O)cn1. The van der Waals surface area contributed by atoms with Crippen LogP contribution >= 0.6 is 11.3 Å². The Kier molecular flexibility index (Phi) is 4.51. The molecule has 2 fully saturated rings. The van der Waals surface area contributed by atoms with Crippen LogP contribution in [0.15, 0.2) is 29.9 Å². The predicted octanol–water partition coefficient (Wildman–Crippen LogP) is 0.756. The van der Waals surface area contributed by atoms with Gasteiger partial charge in [0.05, 0.1) is 43.1 Å². The number of hydrogen-bond donors (Lipinski definition) is 0. The zero-order valence-electron chi connectivity index (χ0n) is 14.5. The molecule has 1 spiro atoms. The van der Waals surface area contributed by atoms with E-state index in [9.17, 15) is 9.59 Å². The second-order valence-corrected chi connectivity index (χ2v) is 7.53. The lowest BCUT2D eigenvalue weighted by molar-refractivity contribution is -0.145. The van der Waals surface area contributed by atoms with E-state index in [4.69, 9.17) is 9.47 Å². The number of amides is 2. The van der Waals surface area contributed by atoms with Crippen LogP contribution in [0.25, 0.3) is 0 Å². The predicted molar refractivity (Wildman–Crippen MR) is 95.3 cm³/mol. The van der Waals surface area contributed by atoms with Gasteiger partial charge in [0.1, 0.15) is 12.2 Å². The first kappa shape index (κ1) is 17.2. The number of aromatic nitrogens is 2. The number of hydrogen-bond acceptors (Lipinski definition) is 6. The van der Waals surface area contributed by atoms with Crippen molar-refractivity contribution in [2.24, 2.45) is 7.05 Å². The summed E-state index contributed by atoms with van der Waals surface area (Å²) in [5.41, 5.74) is -0.0201. The van der Waals surface area contributed by atoms with Crippen LogP contribution in [-0.4, -0.2) is 71.6 Å². The van der Waals surface area contributed by atoms with Crippen LogP contribution in [0, 0.1) is 0 Å². The maximum Gasteiger partial charge on any atom is 0.264 e. The third-order valence-corrected chi connectivity index (χ3v) is 5.48. The van der Waals surface area contributed by atoms with Gasteiger partial charge in [0, 0.05) is 19.8 Å². The number of carbonyl (C=O) groups is 2. The van der Waals surface area contributed by atoms with Crippen molar-refractivity contribution in [2.75, 3.05) is 44.4 Å². The van der Waals surface area contributed by atoms with E-state index >= 15 is 0 Å². The topological polar surface area (TPSA) is 76.9 Å². The van der Waals surface area contributed by atoms with Crippen LogP contribution < -0.4 is 4.90 Å². The Hall–Kier alpha value is -2.23. The first-order valence-electron chi connectivity index (χ1n) is 8.40. The van der Waals surface area contributed by atoms with E-state index in [2.05, 4.69) is 5.10 Å². The molecule has 0 saturated carbocycles. The smallest absolute Gasteiger partial charge is 0.264 e. The van der Waals surface area contributed by atoms with Gasteiger partial charge in [-0.05, 0) is 11.4 Å². The van der Waals surface area contributed by atoms with Crippen LogP contribution in [0.4, 0.5) is 5.69 Å². The summed E-state index contributed by atoms with van der Waals surface area (Å²) in [6.45, 7) is 1.95. The molecule has 4 rings (SSSR count). The van der Waals surface area contributed by atoms with Crippen LogP contribution in [0.1, 0.15) is 9.67 Å². The Labute approximate surface area is 154 Å². The van der Waals surface area contributed by atoms with E-state index in [-0.39, 0.29) is 18.4 Å². The summed E-state index contributed by atoms with van der Waals surface area (Å²) >= 11 is 1.42. The minimum atomic E-state index is -0.743. The van der Waals surface area contributed by atoms with Crippen LogP contribution in [-0.2, 0) is 21.3 Å². The zero-order chi connectivity index (χ0) is 18.1. The van der Waals surface area contributed by atoms with Crippen LogP contribution in [0.2, 0.25) is 0 Å². The summed E-state index contributed by atoms with van der Waals surface area (Å²) in [5.74, 6) is -0.151. The van der Waals surface area contributed by atoms with Gasteiger partial charge in [-0.3, -0.25) is 14.3 Å². The monoisotopic (exact) mass is 376 g/mol. The molecule has 2 aliphatic rings. The van der Waals surface area contributed by atoms with Crippen molar-refractivity contribution < 1.29 is 19.1 Å². The number of nitrogens with zero attached hydrogens (tertiary/aromatic N) is 4. The molecule has 2 aromatic heterocycles. The highest BCUT2D eigenvalue weighted by atomic mass is 32.1. The van der Waals surface area contributed by atoms with Gasteiger partial charge in [0.2, 0.25) is 0 Å². The van der Waals surface area contributed by atoms with Gasteiger partial charge in [-0.1, -0.05) is 6.07 Å². The molecule has 0 N–H and O–H groups in total. The summed E-state index contributed by atoms with van der Waals surface area (Å²) in [6, 6.07) is 3.68. The Morgan fingerprint density at radius 3 is 3.00 bits per heavy atom. The summed E-state index contributed by atoms with van der Waals surface area (Å²) < 4.78 is 13.3. The summed E-state index contributed by atoms with van der Waals surface area (Å²) in [4.78, 5) is 29.3. The van der Waals surface area contributed by atoms with Gasteiger partial charge in [0.25, 0.3) is 11.8 Å². The van der Waals surface area contributed by atoms with Crippen molar-refractivity contribution in [3.8, 4) is 0 Å². The van der Waals surface area contributed by atoms with E-state index in [0.29, 0.717) is 37.7 Å². The molecule has 9 heteroatoms. The van der Waals surface area contributed by atoms with Crippen LogP contribution in [0.5, 0.6) is 0 Å². The van der Waals surface area contributed by atoms with E-state index in [0.717, 1.165) is 5.69 Å². The maximum absolute atomic E-state index is 12.8. The van der Waals surface area contributed by atoms with Gasteiger partial charge in [-0.15, -0.1) is 11.3 Å². The molecule has 2 aromatic rings. The minimum Gasteiger partial charge on any atom is -0.376 e. The van der Waals surface area contributed by atoms with Crippen molar-refractivity contribution in [3.63, 3.8) is 0 Å². The number of carbonyl (C=O) groups excluding carboxylic acids is 2. The van der Waals surface area contributed by atoms with E-state index < -0.39 is 5.60 Å². The molecule has 0 aliphatic carbocycles. The van der Waals surface area contributed by atoms with Crippen molar-refractivity contribution in [2.45, 2.75) is 5.60 Å². The molecule has 0 aromatic carbocycles. The highest BCUT2D eigenvalue weighted by molar-refractivity contribution is 7.12. The van der Waals surface area contributed by atoms with Crippen molar-refractivity contribution in [1.82, 2.24) is 14.7 Å². The molecule has 0 radical (unpaired) electrons. The number of thiophene rings is 1. The Morgan fingerprint density at radius 2 is 2.27 bits per heavy atom. The lowest BCUT2D eigenvalue weighted by Crippen LogP contribution is -2.61. The van der Waals surface area contributed by atoms with Crippen molar-refractivity contribution in [3.05, 3.63) is 34.8 Å². The van der Waals surface area contributed by atoms with E-state index in [1.807, 2.05) is 17.5 Å². The Morgan fingerprint density at radius 1 is 1.38 bits per heavy atom. The molecule has 0 bridgehead atoms. The maximum atomic E-state index is 12.8. The number of anilines is 1. The third kappa shape index (κ3) is 3.25. The molecule has 26 heavy (non-hydrogen) atoms. The third-order valence-electron chi connectivity index (χ3n) is 4.62. The minimum absolute atomic E-state index is 0.0293. The van der Waals surface area contributed by atoms with Gasteiger partial charge < -0.3 is 19.3 Å². The highest BCUT2D eigenvalue weighted by Gasteiger charge is 2.44. The second-order valence-electron chi connectivity index (χ2n) is 6.58. The van der Waals surface area contributed by atoms with Crippen LogP contribution in [0.3, 0.4) is 0 Å².